The quantitative estimate of drug-likeness (QED) is 0.128. The van der Waals surface area contributed by atoms with E-state index in [9.17, 15) is 29.4 Å². The number of aliphatic hydroxyl groups excluding tert-OH is 1. The molecule has 4 aromatic rings. The Morgan fingerprint density at radius 1 is 1.03 bits per heavy atom. The molecular weight excluding hydrogens is 890 g/mol. The average molecular weight is 944 g/mol. The number of hydrogen-bond acceptors (Lipinski definition) is 14. The van der Waals surface area contributed by atoms with E-state index < -0.39 is 11.6 Å². The number of esters is 1. The molecular formula is C50H54ClN9O8. The number of carbonyl (C=O) groups is 3. The molecule has 9 rings (SSSR count). The van der Waals surface area contributed by atoms with Gasteiger partial charge in [0.05, 0.1) is 51.3 Å². The maximum absolute atomic E-state index is 13.6. The molecule has 18 heteroatoms. The van der Waals surface area contributed by atoms with Crippen molar-refractivity contribution in [2.75, 3.05) is 50.7 Å². The highest BCUT2D eigenvalue weighted by Crippen LogP contribution is 2.37. The fraction of sp³-hybridized carbons (Fsp3) is 0.440. The van der Waals surface area contributed by atoms with Gasteiger partial charge in [0.2, 0.25) is 5.91 Å². The molecule has 1 atom stereocenters. The van der Waals surface area contributed by atoms with E-state index in [4.69, 9.17) is 31.3 Å². The predicted molar refractivity (Wildman–Crippen MR) is 252 cm³/mol. The summed E-state index contributed by atoms with van der Waals surface area (Å²) in [5.74, 6) is 0.523. The molecule has 68 heavy (non-hydrogen) atoms. The third-order valence-corrected chi connectivity index (χ3v) is 14.4. The van der Waals surface area contributed by atoms with E-state index >= 15 is 0 Å². The van der Waals surface area contributed by atoms with E-state index in [-0.39, 0.29) is 77.6 Å². The van der Waals surface area contributed by atoms with Crippen LogP contribution in [-0.2, 0) is 33.1 Å². The minimum absolute atomic E-state index is 0.0000296. The predicted octanol–water partition coefficient (Wildman–Crippen LogP) is 3.45. The topological polar surface area (TPSA) is 216 Å². The molecule has 3 aromatic heterocycles. The Hall–Kier alpha value is -6.61. The molecule has 4 aliphatic heterocycles. The number of piperazine rings is 1. The molecule has 17 nitrogen and oxygen atoms in total. The number of rotatable bonds is 11. The molecule has 5 aliphatic rings. The van der Waals surface area contributed by atoms with Crippen molar-refractivity contribution in [3.05, 3.63) is 108 Å². The van der Waals surface area contributed by atoms with Gasteiger partial charge in [0.25, 0.3) is 11.5 Å². The summed E-state index contributed by atoms with van der Waals surface area (Å²) in [5, 5.41) is 44.4. The summed E-state index contributed by atoms with van der Waals surface area (Å²) in [6, 6.07) is 14.1. The molecule has 2 amide bonds. The summed E-state index contributed by atoms with van der Waals surface area (Å²) < 4.78 is 12.8. The molecule has 1 aliphatic carbocycles. The van der Waals surface area contributed by atoms with Crippen molar-refractivity contribution in [1.82, 2.24) is 34.9 Å². The van der Waals surface area contributed by atoms with Gasteiger partial charge in [-0.2, -0.15) is 5.26 Å². The molecule has 1 aromatic carbocycles. The molecule has 1 saturated carbocycles. The molecule has 354 valence electrons. The van der Waals surface area contributed by atoms with Gasteiger partial charge >= 0.3 is 5.97 Å². The maximum atomic E-state index is 13.6. The number of hydrogen-bond donors (Lipinski definition) is 3. The largest absolute Gasteiger partial charge is 0.512 e. The number of aliphatic hydroxyl groups is 2. The van der Waals surface area contributed by atoms with Crippen LogP contribution in [0.25, 0.3) is 24.0 Å². The number of nitriles is 1. The monoisotopic (exact) mass is 943 g/mol. The first kappa shape index (κ1) is 46.5. The normalized spacial score (nSPS) is 22.2. The minimum Gasteiger partial charge on any atom is -0.512 e. The average Bonchev–Trinajstić information content (AvgIpc) is 3.71. The Balaban J connectivity index is 0.706. The molecule has 0 unspecified atom stereocenters. The molecule has 3 N–H and O–H groups in total. The number of ether oxygens (including phenoxy) is 2. The molecule has 2 saturated heterocycles. The number of halogens is 1. The zero-order valence-electron chi connectivity index (χ0n) is 38.0. The summed E-state index contributed by atoms with van der Waals surface area (Å²) in [7, 11) is 0. The zero-order valence-corrected chi connectivity index (χ0v) is 38.7. The molecule has 3 fully saturated rings. The summed E-state index contributed by atoms with van der Waals surface area (Å²) in [5.41, 5.74) is 0.786. The van der Waals surface area contributed by atoms with Crippen LogP contribution in [0.4, 0.5) is 5.82 Å². The van der Waals surface area contributed by atoms with Gasteiger partial charge in [-0.25, -0.2) is 9.78 Å². The lowest BCUT2D eigenvalue weighted by Crippen LogP contribution is -2.51. The molecule has 0 bridgehead atoms. The number of amides is 2. The van der Waals surface area contributed by atoms with Crippen LogP contribution in [0, 0.1) is 17.2 Å². The zero-order chi connectivity index (χ0) is 47.7. The van der Waals surface area contributed by atoms with E-state index in [1.165, 1.54) is 0 Å². The number of pyridine rings is 2. The van der Waals surface area contributed by atoms with Crippen LogP contribution in [0.5, 0.6) is 5.75 Å². The number of benzene rings is 1. The fourth-order valence-electron chi connectivity index (χ4n) is 9.91. The summed E-state index contributed by atoms with van der Waals surface area (Å²) in [6.07, 6.45) is 8.21. The van der Waals surface area contributed by atoms with Gasteiger partial charge in [-0.1, -0.05) is 25.1 Å². The third-order valence-electron chi connectivity index (χ3n) is 14.1. The van der Waals surface area contributed by atoms with Crippen molar-refractivity contribution in [2.24, 2.45) is 5.92 Å². The van der Waals surface area contributed by atoms with Gasteiger partial charge in [0.15, 0.2) is 17.1 Å². The van der Waals surface area contributed by atoms with Crippen LogP contribution in [-0.4, -0.2) is 116 Å². The van der Waals surface area contributed by atoms with Gasteiger partial charge in [0, 0.05) is 81.4 Å². The van der Waals surface area contributed by atoms with E-state index in [1.54, 1.807) is 54.0 Å². The van der Waals surface area contributed by atoms with Crippen LogP contribution in [0.15, 0.2) is 59.1 Å². The molecule has 7 heterocycles. The maximum Gasteiger partial charge on any atom is 0.343 e. The first-order chi connectivity index (χ1) is 32.8. The second-order valence-electron chi connectivity index (χ2n) is 18.2. The second kappa shape index (κ2) is 19.5. The first-order valence-electron chi connectivity index (χ1n) is 23.3. The van der Waals surface area contributed by atoms with E-state index in [2.05, 4.69) is 31.9 Å². The van der Waals surface area contributed by atoms with Gasteiger partial charge in [-0.05, 0) is 98.7 Å². The third kappa shape index (κ3) is 9.45. The van der Waals surface area contributed by atoms with Crippen molar-refractivity contribution in [2.45, 2.75) is 89.2 Å². The van der Waals surface area contributed by atoms with Crippen LogP contribution in [0.1, 0.15) is 91.0 Å². The lowest BCUT2D eigenvalue weighted by atomic mass is 9.86. The number of piperidine rings is 1. The first-order valence-corrected chi connectivity index (χ1v) is 23.7. The van der Waals surface area contributed by atoms with E-state index in [0.717, 1.165) is 31.2 Å². The smallest absolute Gasteiger partial charge is 0.343 e. The van der Waals surface area contributed by atoms with Crippen LogP contribution >= 0.6 is 11.6 Å². The van der Waals surface area contributed by atoms with Crippen molar-refractivity contribution in [1.29, 1.82) is 5.26 Å². The lowest BCUT2D eigenvalue weighted by molar-refractivity contribution is -0.172. The SMILES string of the molecule is C=c1cc2c(n/c1=C/C=C(/O)CCN1CCN(C(=O)C3CCN(c4ccc(C(=O)NC5CCC(Oc6ccc(C#N)c(Cl)c6)CC5)nn4)CC3)CC1)-c1cc3c(c(=O)n1C2)COC(=O)[C@]3(O)CC. The minimum atomic E-state index is -1.91. The highest BCUT2D eigenvalue weighted by molar-refractivity contribution is 6.31. The number of allylic oxidation sites excluding steroid dienone is 1. The van der Waals surface area contributed by atoms with Gasteiger partial charge in [-0.3, -0.25) is 19.3 Å². The van der Waals surface area contributed by atoms with Crippen LogP contribution in [0.2, 0.25) is 5.02 Å². The van der Waals surface area contributed by atoms with Gasteiger partial charge < -0.3 is 39.4 Å². The van der Waals surface area contributed by atoms with Crippen LogP contribution in [0.3, 0.4) is 0 Å². The number of nitrogens with one attached hydrogen (secondary N) is 1. The Morgan fingerprint density at radius 2 is 1.79 bits per heavy atom. The van der Waals surface area contributed by atoms with Gasteiger partial charge in [-0.15, -0.1) is 10.2 Å². The Kier molecular flexibility index (Phi) is 13.4. The number of anilines is 1. The summed E-state index contributed by atoms with van der Waals surface area (Å²) in [4.78, 5) is 63.7. The second-order valence-corrected chi connectivity index (χ2v) is 18.6. The van der Waals surface area contributed by atoms with Crippen molar-refractivity contribution >= 4 is 47.9 Å². The Labute approximate surface area is 397 Å². The van der Waals surface area contributed by atoms with E-state index in [0.29, 0.717) is 109 Å². The molecule has 0 spiro atoms. The van der Waals surface area contributed by atoms with Crippen molar-refractivity contribution in [3.8, 4) is 23.2 Å². The number of nitrogens with zero attached hydrogens (tertiary/aromatic N) is 8. The number of fused-ring (bicyclic) bond motifs is 4. The highest BCUT2D eigenvalue weighted by Gasteiger charge is 2.45. The Morgan fingerprint density at radius 3 is 2.49 bits per heavy atom. The lowest BCUT2D eigenvalue weighted by Gasteiger charge is -2.38. The summed E-state index contributed by atoms with van der Waals surface area (Å²) >= 11 is 6.15. The number of aromatic nitrogens is 4. The van der Waals surface area contributed by atoms with Gasteiger partial charge in [0.1, 0.15) is 18.4 Å². The highest BCUT2D eigenvalue weighted by atomic mass is 35.5. The van der Waals surface area contributed by atoms with Crippen molar-refractivity contribution in [3.63, 3.8) is 0 Å². The van der Waals surface area contributed by atoms with E-state index in [1.807, 2.05) is 23.1 Å². The number of cyclic esters (lactones) is 1. The fourth-order valence-corrected chi connectivity index (χ4v) is 10.1. The summed E-state index contributed by atoms with van der Waals surface area (Å²) in [6.45, 7) is 10.5. The Bertz CT molecular complexity index is 2880. The molecule has 0 radical (unpaired) electrons. The standard InChI is InChI=1S/C50H54ClN9O8/c1-3-50(66)39-26-43-45-33(28-60(43)48(64)38(39)29-67-49(50)65)24-30(2)41(54-45)11-7-35(61)16-17-57-20-22-59(23-21-57)47(63)31-14-18-58(19-15-31)44-13-12-42(55-56-44)46(62)53-34-5-9-36(10-6-34)68-37-8-4-32(27-52)40(51)25-37/h4,7-8,11-13,24-26,31,34,36,61,66H,2-3,5-6,9-10,14-23,28-29H2,1H3,(H,53,62)/b35-7+,41-11+/t34?,36?,50-/m0/s1. The number of carbonyl (C=O) groups excluding carboxylic acids is 3. The van der Waals surface area contributed by atoms with Crippen LogP contribution < -0.4 is 31.1 Å². The van der Waals surface area contributed by atoms with Crippen molar-refractivity contribution < 1.29 is 34.1 Å².